The first-order chi connectivity index (χ1) is 17.9. The van der Waals surface area contributed by atoms with Gasteiger partial charge in [-0.2, -0.15) is 0 Å². The molecule has 218 valence electrons. The van der Waals surface area contributed by atoms with Gasteiger partial charge in [0.25, 0.3) is 0 Å². The van der Waals surface area contributed by atoms with Gasteiger partial charge in [-0.1, -0.05) is 0 Å². The normalized spacial score (nSPS) is 11.1. The van der Waals surface area contributed by atoms with Crippen molar-refractivity contribution < 1.29 is 49.2 Å². The Morgan fingerprint density at radius 3 is 1.03 bits per heavy atom. The maximum Gasteiger partial charge on any atom is 0.304 e. The maximum atomic E-state index is 12.1. The molecule has 0 rings (SSSR count). The van der Waals surface area contributed by atoms with Crippen LogP contribution in [0.5, 0.6) is 0 Å². The average Bonchev–Trinajstić information content (AvgIpc) is 2.83. The van der Waals surface area contributed by atoms with Crippen molar-refractivity contribution in [3.8, 4) is 0 Å². The Hall–Kier alpha value is -3.30. The Balaban J connectivity index is 4.17. The molecule has 0 fully saturated rings. The third-order valence-electron chi connectivity index (χ3n) is 5.51. The molecule has 0 aliphatic heterocycles. The largest absolute Gasteiger partial charge is 0.481 e. The highest BCUT2D eigenvalue weighted by atomic mass is 16.4. The number of hydrogen-bond acceptors (Lipinski definition) is 9. The van der Waals surface area contributed by atoms with Crippen LogP contribution in [0.15, 0.2) is 0 Å². The molecule has 0 saturated heterocycles. The molecule has 0 spiro atoms. The number of carboxylic acids is 4. The van der Waals surface area contributed by atoms with Gasteiger partial charge in [0.1, 0.15) is 0 Å². The Kier molecular flexibility index (Phi) is 18.9. The molecule has 0 atom stereocenters. The van der Waals surface area contributed by atoms with Crippen LogP contribution >= 0.6 is 0 Å². The number of nitrogens with zero attached hydrogens (tertiary/aromatic N) is 3. The van der Waals surface area contributed by atoms with Crippen molar-refractivity contribution in [2.24, 2.45) is 0 Å². The second kappa shape index (κ2) is 20.7. The third-order valence-corrected chi connectivity index (χ3v) is 5.51. The summed E-state index contributed by atoms with van der Waals surface area (Å²) in [7, 11) is 1.76. The molecule has 0 aromatic rings. The van der Waals surface area contributed by atoms with Crippen LogP contribution in [0, 0.1) is 0 Å². The van der Waals surface area contributed by atoms with E-state index in [0.29, 0.717) is 26.2 Å². The zero-order valence-electron chi connectivity index (χ0n) is 21.9. The Morgan fingerprint density at radius 2 is 0.763 bits per heavy atom. The van der Waals surface area contributed by atoms with E-state index in [9.17, 15) is 28.8 Å². The minimum Gasteiger partial charge on any atom is -0.481 e. The summed E-state index contributed by atoms with van der Waals surface area (Å²) in [5.74, 6) is -4.39. The average molecular weight is 548 g/mol. The van der Waals surface area contributed by atoms with Crippen LogP contribution < -0.4 is 10.6 Å². The fourth-order valence-electron chi connectivity index (χ4n) is 3.27. The number of carbonyl (C=O) groups is 6. The van der Waals surface area contributed by atoms with Gasteiger partial charge in [-0.15, -0.1) is 0 Å². The van der Waals surface area contributed by atoms with E-state index in [0.717, 1.165) is 0 Å². The quantitative estimate of drug-likeness (QED) is 0.0806. The van der Waals surface area contributed by atoms with E-state index < -0.39 is 23.9 Å². The smallest absolute Gasteiger partial charge is 0.304 e. The van der Waals surface area contributed by atoms with Crippen LogP contribution in [0.4, 0.5) is 0 Å². The second-order valence-corrected chi connectivity index (χ2v) is 8.76. The predicted molar refractivity (Wildman–Crippen MR) is 135 cm³/mol. The lowest BCUT2D eigenvalue weighted by Crippen LogP contribution is -2.39. The van der Waals surface area contributed by atoms with E-state index in [1.165, 1.54) is 0 Å². The molecule has 2 amide bonds. The second-order valence-electron chi connectivity index (χ2n) is 8.76. The van der Waals surface area contributed by atoms with Crippen LogP contribution in [0.1, 0.15) is 38.5 Å². The molecular weight excluding hydrogens is 506 g/mol. The minimum absolute atomic E-state index is 0.125. The lowest BCUT2D eigenvalue weighted by atomic mass is 10.3. The zero-order valence-corrected chi connectivity index (χ0v) is 21.9. The van der Waals surface area contributed by atoms with Gasteiger partial charge in [-0.25, -0.2) is 0 Å². The highest BCUT2D eigenvalue weighted by Crippen LogP contribution is 1.97. The van der Waals surface area contributed by atoms with Gasteiger partial charge in [0.15, 0.2) is 0 Å². The van der Waals surface area contributed by atoms with E-state index in [2.05, 4.69) is 10.6 Å². The third kappa shape index (κ3) is 21.9. The lowest BCUT2D eigenvalue weighted by molar-refractivity contribution is -0.139. The predicted octanol–water partition coefficient (Wildman–Crippen LogP) is -1.57. The Morgan fingerprint density at radius 1 is 0.474 bits per heavy atom. The molecule has 15 nitrogen and oxygen atoms in total. The van der Waals surface area contributed by atoms with Crippen LogP contribution in [0.25, 0.3) is 0 Å². The number of hydrogen-bond donors (Lipinski definition) is 6. The molecule has 0 saturated carbocycles. The summed E-state index contributed by atoms with van der Waals surface area (Å²) in [5.41, 5.74) is 0. The molecule has 0 unspecified atom stereocenters. The monoisotopic (exact) mass is 547 g/mol. The number of carboxylic acid groups (broad SMARTS) is 4. The molecule has 38 heavy (non-hydrogen) atoms. The summed E-state index contributed by atoms with van der Waals surface area (Å²) in [5, 5.41) is 40.7. The molecule has 0 aliphatic carbocycles. The highest BCUT2D eigenvalue weighted by molar-refractivity contribution is 5.76. The number of amides is 2. The number of aliphatic carboxylic acids is 4. The van der Waals surface area contributed by atoms with Gasteiger partial charge in [0.05, 0.1) is 25.7 Å². The van der Waals surface area contributed by atoms with Gasteiger partial charge in [-0.05, 0) is 7.05 Å². The van der Waals surface area contributed by atoms with Crippen molar-refractivity contribution in [2.45, 2.75) is 38.5 Å². The highest BCUT2D eigenvalue weighted by Gasteiger charge is 2.13. The molecule has 0 bridgehead atoms. The van der Waals surface area contributed by atoms with Crippen LogP contribution in [-0.2, 0) is 28.8 Å². The summed E-state index contributed by atoms with van der Waals surface area (Å²) < 4.78 is 0. The fourth-order valence-corrected chi connectivity index (χ4v) is 3.27. The molecule has 0 aromatic heterocycles. The standard InChI is InChI=1S/C23H41N5O10/c1-26(10-2-18(29)24-8-16-27(12-4-20(31)32)13-5-21(33)34)11-3-19(30)25-9-17-28(14-6-22(35)36)15-7-23(37)38/h2-17H2,1H3,(H,24,29)(H,25,30)(H,31,32)(H,33,34)(H,35,36)(H,37,38). The summed E-state index contributed by atoms with van der Waals surface area (Å²) in [6.45, 7) is 2.70. The summed E-state index contributed by atoms with van der Waals surface area (Å²) >= 11 is 0. The topological polar surface area (TPSA) is 217 Å². The van der Waals surface area contributed by atoms with Crippen molar-refractivity contribution in [1.82, 2.24) is 25.3 Å². The number of nitrogens with one attached hydrogen (secondary N) is 2. The van der Waals surface area contributed by atoms with Gasteiger partial charge in [-0.3, -0.25) is 28.8 Å². The zero-order chi connectivity index (χ0) is 28.9. The SMILES string of the molecule is CN(CCC(=O)NCCN(CCC(=O)O)CCC(=O)O)CCC(=O)NCCN(CCC(=O)O)CCC(=O)O. The first-order valence-corrected chi connectivity index (χ1v) is 12.4. The van der Waals surface area contributed by atoms with E-state index in [-0.39, 0.29) is 89.6 Å². The van der Waals surface area contributed by atoms with Crippen LogP contribution in [-0.4, -0.2) is 143 Å². The van der Waals surface area contributed by atoms with Crippen molar-refractivity contribution >= 4 is 35.7 Å². The Bertz CT molecular complexity index is 682. The molecule has 0 aromatic carbocycles. The van der Waals surface area contributed by atoms with Crippen molar-refractivity contribution in [1.29, 1.82) is 0 Å². The van der Waals surface area contributed by atoms with Crippen LogP contribution in [0.3, 0.4) is 0 Å². The molecule has 0 heterocycles. The molecule has 15 heteroatoms. The van der Waals surface area contributed by atoms with E-state index >= 15 is 0 Å². The van der Waals surface area contributed by atoms with Gasteiger partial charge in [0, 0.05) is 78.3 Å². The minimum atomic E-state index is -0.987. The lowest BCUT2D eigenvalue weighted by Gasteiger charge is -2.21. The maximum absolute atomic E-state index is 12.1. The Labute approximate surface area is 221 Å². The molecule has 6 N–H and O–H groups in total. The van der Waals surface area contributed by atoms with Crippen molar-refractivity contribution in [2.75, 3.05) is 72.5 Å². The summed E-state index contributed by atoms with van der Waals surface area (Å²) in [4.78, 5) is 72.4. The van der Waals surface area contributed by atoms with Gasteiger partial charge in [0.2, 0.25) is 11.8 Å². The molecule has 0 radical (unpaired) electrons. The van der Waals surface area contributed by atoms with E-state index in [1.54, 1.807) is 16.8 Å². The first-order valence-electron chi connectivity index (χ1n) is 12.4. The first kappa shape index (κ1) is 34.7. The summed E-state index contributed by atoms with van der Waals surface area (Å²) in [6.07, 6.45) is -0.131. The van der Waals surface area contributed by atoms with Gasteiger partial charge >= 0.3 is 23.9 Å². The van der Waals surface area contributed by atoms with Crippen LogP contribution in [0.2, 0.25) is 0 Å². The number of carbonyl (C=O) groups excluding carboxylic acids is 2. The van der Waals surface area contributed by atoms with Crippen molar-refractivity contribution in [3.05, 3.63) is 0 Å². The molecule has 0 aliphatic rings. The van der Waals surface area contributed by atoms with E-state index in [1.807, 2.05) is 4.90 Å². The molecular formula is C23H41N5O10. The number of rotatable bonds is 24. The van der Waals surface area contributed by atoms with Crippen molar-refractivity contribution in [3.63, 3.8) is 0 Å². The van der Waals surface area contributed by atoms with E-state index in [4.69, 9.17) is 20.4 Å². The van der Waals surface area contributed by atoms with Gasteiger partial charge < -0.3 is 45.8 Å². The fraction of sp³-hybridized carbons (Fsp3) is 0.739. The summed E-state index contributed by atoms with van der Waals surface area (Å²) in [6, 6.07) is 0.